The lowest BCUT2D eigenvalue weighted by atomic mass is 10.2. The number of anilines is 1. The van der Waals surface area contributed by atoms with Crippen molar-refractivity contribution in [3.63, 3.8) is 0 Å². The summed E-state index contributed by atoms with van der Waals surface area (Å²) in [6, 6.07) is 7.02. The van der Waals surface area contributed by atoms with Crippen molar-refractivity contribution in [2.24, 2.45) is 5.73 Å². The average molecular weight is 254 g/mol. The fourth-order valence-corrected chi connectivity index (χ4v) is 1.37. The van der Waals surface area contributed by atoms with Crippen LogP contribution in [0.5, 0.6) is 0 Å². The minimum atomic E-state index is -0.505. The monoisotopic (exact) mass is 253 g/mol. The number of nitrogens with zero attached hydrogens (tertiary/aromatic N) is 1. The minimum Gasteiger partial charge on any atom is -0.382 e. The van der Waals surface area contributed by atoms with Crippen LogP contribution in [0.1, 0.15) is 5.56 Å². The van der Waals surface area contributed by atoms with Gasteiger partial charge in [0.05, 0.1) is 17.9 Å². The van der Waals surface area contributed by atoms with Crippen LogP contribution >= 0.6 is 11.6 Å². The van der Waals surface area contributed by atoms with E-state index in [4.69, 9.17) is 27.3 Å². The topological polar surface area (TPSA) is 88.1 Å². The van der Waals surface area contributed by atoms with Crippen LogP contribution < -0.4 is 11.1 Å². The standard InChI is InChI=1S/C11H12ClN3O2/c12-9-1-2-10(8(5-9)6-13)15-3-4-17-7-11(14)16/h1-2,5,15H,3-4,7H2,(H2,14,16). The van der Waals surface area contributed by atoms with E-state index < -0.39 is 5.91 Å². The van der Waals surface area contributed by atoms with Crippen molar-refractivity contribution < 1.29 is 9.53 Å². The number of ether oxygens (including phenoxy) is 1. The molecule has 1 aromatic carbocycles. The fraction of sp³-hybridized carbons (Fsp3) is 0.273. The number of carbonyl (C=O) groups is 1. The Morgan fingerprint density at radius 2 is 2.35 bits per heavy atom. The molecule has 0 radical (unpaired) electrons. The highest BCUT2D eigenvalue weighted by Gasteiger charge is 2.02. The van der Waals surface area contributed by atoms with E-state index in [2.05, 4.69) is 5.32 Å². The molecular formula is C11H12ClN3O2. The third kappa shape index (κ3) is 4.72. The second-order valence-corrected chi connectivity index (χ2v) is 3.68. The average Bonchev–Trinajstić information content (AvgIpc) is 2.29. The molecule has 0 unspecified atom stereocenters. The maximum absolute atomic E-state index is 10.4. The summed E-state index contributed by atoms with van der Waals surface area (Å²) >= 11 is 5.76. The molecule has 3 N–H and O–H groups in total. The molecule has 0 aromatic heterocycles. The van der Waals surface area contributed by atoms with E-state index in [1.54, 1.807) is 18.2 Å². The molecule has 0 aliphatic carbocycles. The lowest BCUT2D eigenvalue weighted by Crippen LogP contribution is -2.20. The van der Waals surface area contributed by atoms with Gasteiger partial charge in [-0.1, -0.05) is 11.6 Å². The van der Waals surface area contributed by atoms with E-state index in [1.807, 2.05) is 6.07 Å². The summed E-state index contributed by atoms with van der Waals surface area (Å²) in [6.45, 7) is 0.702. The third-order valence-electron chi connectivity index (χ3n) is 1.91. The van der Waals surface area contributed by atoms with Gasteiger partial charge in [0.1, 0.15) is 12.7 Å². The molecular weight excluding hydrogens is 242 g/mol. The Bertz CT molecular complexity index is 443. The van der Waals surface area contributed by atoms with Crippen LogP contribution in [-0.4, -0.2) is 25.7 Å². The minimum absolute atomic E-state index is 0.104. The van der Waals surface area contributed by atoms with Gasteiger partial charge in [0.15, 0.2) is 0 Å². The van der Waals surface area contributed by atoms with Crippen LogP contribution in [0, 0.1) is 11.3 Å². The summed E-state index contributed by atoms with van der Waals surface area (Å²) in [6.07, 6.45) is 0. The first kappa shape index (κ1) is 13.3. The number of carbonyl (C=O) groups excluding carboxylic acids is 1. The Morgan fingerprint density at radius 1 is 1.59 bits per heavy atom. The zero-order chi connectivity index (χ0) is 12.7. The van der Waals surface area contributed by atoms with Crippen LogP contribution in [0.25, 0.3) is 0 Å². The maximum atomic E-state index is 10.4. The van der Waals surface area contributed by atoms with Gasteiger partial charge in [-0.3, -0.25) is 4.79 Å². The Balaban J connectivity index is 2.42. The molecule has 0 saturated carbocycles. The lowest BCUT2D eigenvalue weighted by molar-refractivity contribution is -0.122. The van der Waals surface area contributed by atoms with Crippen molar-refractivity contribution in [2.45, 2.75) is 0 Å². The summed E-state index contributed by atoms with van der Waals surface area (Å²) in [4.78, 5) is 10.4. The number of amides is 1. The molecule has 0 saturated heterocycles. The van der Waals surface area contributed by atoms with Gasteiger partial charge in [-0.05, 0) is 18.2 Å². The Kier molecular flexibility index (Phi) is 5.27. The van der Waals surface area contributed by atoms with Gasteiger partial charge in [0, 0.05) is 11.6 Å². The van der Waals surface area contributed by atoms with Gasteiger partial charge < -0.3 is 15.8 Å². The first-order chi connectivity index (χ1) is 8.13. The summed E-state index contributed by atoms with van der Waals surface area (Å²) < 4.78 is 4.97. The first-order valence-corrected chi connectivity index (χ1v) is 5.31. The summed E-state index contributed by atoms with van der Waals surface area (Å²) in [5.41, 5.74) is 6.05. The van der Waals surface area contributed by atoms with Crippen LogP contribution in [0.2, 0.25) is 5.02 Å². The van der Waals surface area contributed by atoms with Crippen LogP contribution in [0.4, 0.5) is 5.69 Å². The number of nitrogens with two attached hydrogens (primary N) is 1. The highest BCUT2D eigenvalue weighted by atomic mass is 35.5. The molecule has 90 valence electrons. The van der Waals surface area contributed by atoms with Gasteiger partial charge in [0.25, 0.3) is 0 Å². The number of halogens is 1. The largest absolute Gasteiger partial charge is 0.382 e. The van der Waals surface area contributed by atoms with Crippen LogP contribution in [0.3, 0.4) is 0 Å². The lowest BCUT2D eigenvalue weighted by Gasteiger charge is -2.08. The molecule has 17 heavy (non-hydrogen) atoms. The smallest absolute Gasteiger partial charge is 0.243 e. The highest BCUT2D eigenvalue weighted by Crippen LogP contribution is 2.19. The quantitative estimate of drug-likeness (QED) is 0.744. The molecule has 0 bridgehead atoms. The molecule has 1 aromatic rings. The maximum Gasteiger partial charge on any atom is 0.243 e. The van der Waals surface area contributed by atoms with Gasteiger partial charge in [0.2, 0.25) is 5.91 Å². The van der Waals surface area contributed by atoms with E-state index in [1.165, 1.54) is 0 Å². The molecule has 5 nitrogen and oxygen atoms in total. The zero-order valence-corrected chi connectivity index (χ0v) is 9.83. The molecule has 0 atom stereocenters. The van der Waals surface area contributed by atoms with Crippen LogP contribution in [-0.2, 0) is 9.53 Å². The van der Waals surface area contributed by atoms with E-state index in [0.29, 0.717) is 29.4 Å². The molecule has 6 heteroatoms. The number of hydrogen-bond donors (Lipinski definition) is 2. The molecule has 1 amide bonds. The van der Waals surface area contributed by atoms with E-state index in [-0.39, 0.29) is 6.61 Å². The molecule has 0 aliphatic rings. The van der Waals surface area contributed by atoms with Crippen molar-refractivity contribution in [3.8, 4) is 6.07 Å². The molecule has 0 fully saturated rings. The Morgan fingerprint density at radius 3 is 3.00 bits per heavy atom. The Labute approximate surface area is 104 Å². The number of rotatable bonds is 6. The molecule has 0 aliphatic heterocycles. The van der Waals surface area contributed by atoms with Gasteiger partial charge in [-0.25, -0.2) is 0 Å². The van der Waals surface area contributed by atoms with Gasteiger partial charge in [-0.15, -0.1) is 0 Å². The van der Waals surface area contributed by atoms with Crippen molar-refractivity contribution >= 4 is 23.2 Å². The van der Waals surface area contributed by atoms with Gasteiger partial charge in [-0.2, -0.15) is 5.26 Å². The van der Waals surface area contributed by atoms with Crippen LogP contribution in [0.15, 0.2) is 18.2 Å². The fourth-order valence-electron chi connectivity index (χ4n) is 1.19. The summed E-state index contributed by atoms with van der Waals surface area (Å²) in [5.74, 6) is -0.505. The van der Waals surface area contributed by atoms with E-state index in [9.17, 15) is 4.79 Å². The predicted molar refractivity (Wildman–Crippen MR) is 64.7 cm³/mol. The zero-order valence-electron chi connectivity index (χ0n) is 9.07. The normalized spacial score (nSPS) is 9.65. The number of primary amides is 1. The van der Waals surface area contributed by atoms with Crippen molar-refractivity contribution in [1.29, 1.82) is 5.26 Å². The second-order valence-electron chi connectivity index (χ2n) is 3.25. The number of nitriles is 1. The van der Waals surface area contributed by atoms with Crippen molar-refractivity contribution in [3.05, 3.63) is 28.8 Å². The molecule has 1 rings (SSSR count). The predicted octanol–water partition coefficient (Wildman–Crippen LogP) is 1.13. The highest BCUT2D eigenvalue weighted by molar-refractivity contribution is 6.30. The first-order valence-electron chi connectivity index (χ1n) is 4.93. The third-order valence-corrected chi connectivity index (χ3v) is 2.14. The molecule has 0 spiro atoms. The summed E-state index contributed by atoms with van der Waals surface area (Å²) in [5, 5.41) is 12.4. The number of hydrogen-bond acceptors (Lipinski definition) is 4. The van der Waals surface area contributed by atoms with E-state index >= 15 is 0 Å². The number of nitrogens with one attached hydrogen (secondary N) is 1. The number of benzene rings is 1. The molecule has 0 heterocycles. The van der Waals surface area contributed by atoms with E-state index in [0.717, 1.165) is 0 Å². The van der Waals surface area contributed by atoms with Crippen molar-refractivity contribution in [1.82, 2.24) is 0 Å². The Hall–Kier alpha value is -1.77. The van der Waals surface area contributed by atoms with Gasteiger partial charge >= 0.3 is 0 Å². The second kappa shape index (κ2) is 6.74. The van der Waals surface area contributed by atoms with Crippen molar-refractivity contribution in [2.75, 3.05) is 25.1 Å². The SMILES string of the molecule is N#Cc1cc(Cl)ccc1NCCOCC(N)=O. The summed E-state index contributed by atoms with van der Waals surface area (Å²) in [7, 11) is 0.